The Hall–Kier alpha value is -0.870. The summed E-state index contributed by atoms with van der Waals surface area (Å²) in [5.74, 6) is 0.317. The van der Waals surface area contributed by atoms with Crippen LogP contribution in [0.1, 0.15) is 31.7 Å². The number of nitrogens with zero attached hydrogens (tertiary/aromatic N) is 1. The van der Waals surface area contributed by atoms with Crippen molar-refractivity contribution >= 4 is 17.2 Å². The number of thiophene rings is 1. The summed E-state index contributed by atoms with van der Waals surface area (Å²) in [6.45, 7) is 4.80. The fourth-order valence-corrected chi connectivity index (χ4v) is 3.42. The zero-order valence-corrected chi connectivity index (χ0v) is 12.1. The Labute approximate surface area is 113 Å². The predicted molar refractivity (Wildman–Crippen MR) is 75.6 cm³/mol. The Morgan fingerprint density at radius 2 is 2.22 bits per heavy atom. The molecule has 1 fully saturated rings. The van der Waals surface area contributed by atoms with Crippen LogP contribution in [0.25, 0.3) is 0 Å². The molecule has 0 bridgehead atoms. The van der Waals surface area contributed by atoms with Gasteiger partial charge in [-0.2, -0.15) is 11.3 Å². The van der Waals surface area contributed by atoms with Gasteiger partial charge in [-0.25, -0.2) is 0 Å². The zero-order valence-electron chi connectivity index (χ0n) is 11.2. The van der Waals surface area contributed by atoms with E-state index in [1.807, 2.05) is 11.9 Å². The van der Waals surface area contributed by atoms with Gasteiger partial charge in [0.05, 0.1) is 5.41 Å². The van der Waals surface area contributed by atoms with Gasteiger partial charge < -0.3 is 10.2 Å². The monoisotopic (exact) mass is 266 g/mol. The van der Waals surface area contributed by atoms with E-state index < -0.39 is 0 Å². The summed E-state index contributed by atoms with van der Waals surface area (Å²) < 4.78 is 0. The second-order valence-corrected chi connectivity index (χ2v) is 5.96. The molecule has 18 heavy (non-hydrogen) atoms. The Balaban J connectivity index is 2.04. The molecule has 100 valence electrons. The quantitative estimate of drug-likeness (QED) is 0.908. The molecule has 0 radical (unpaired) electrons. The number of rotatable bonds is 4. The van der Waals surface area contributed by atoms with Crippen molar-refractivity contribution in [3.05, 3.63) is 22.4 Å². The van der Waals surface area contributed by atoms with E-state index in [1.165, 1.54) is 5.56 Å². The van der Waals surface area contributed by atoms with E-state index in [1.54, 1.807) is 11.3 Å². The number of hydrogen-bond donors (Lipinski definition) is 1. The summed E-state index contributed by atoms with van der Waals surface area (Å²) in [7, 11) is 1.93. The molecule has 2 rings (SSSR count). The maximum absolute atomic E-state index is 12.7. The maximum Gasteiger partial charge on any atom is 0.228 e. The molecule has 0 unspecified atom stereocenters. The van der Waals surface area contributed by atoms with Crippen molar-refractivity contribution in [3.63, 3.8) is 0 Å². The number of carbonyl (C=O) groups excluding carboxylic acids is 1. The third-order valence-electron chi connectivity index (χ3n) is 4.04. The summed E-state index contributed by atoms with van der Waals surface area (Å²) in [4.78, 5) is 14.6. The van der Waals surface area contributed by atoms with Gasteiger partial charge in [-0.1, -0.05) is 6.92 Å². The van der Waals surface area contributed by atoms with Gasteiger partial charge in [0, 0.05) is 13.6 Å². The van der Waals surface area contributed by atoms with Crippen LogP contribution in [0.3, 0.4) is 0 Å². The van der Waals surface area contributed by atoms with Crippen molar-refractivity contribution < 1.29 is 4.79 Å². The normalized spacial score (nSPS) is 18.6. The number of piperidine rings is 1. The second-order valence-electron chi connectivity index (χ2n) is 5.18. The van der Waals surface area contributed by atoms with E-state index in [9.17, 15) is 4.79 Å². The Kier molecular flexibility index (Phi) is 4.40. The summed E-state index contributed by atoms with van der Waals surface area (Å²) in [5.41, 5.74) is 1.10. The molecule has 0 saturated carbocycles. The molecule has 1 N–H and O–H groups in total. The zero-order chi connectivity index (χ0) is 13.0. The van der Waals surface area contributed by atoms with E-state index in [4.69, 9.17) is 0 Å². The molecule has 1 aromatic rings. The smallest absolute Gasteiger partial charge is 0.228 e. The van der Waals surface area contributed by atoms with Crippen LogP contribution in [-0.4, -0.2) is 30.9 Å². The van der Waals surface area contributed by atoms with Crippen LogP contribution in [-0.2, 0) is 11.3 Å². The van der Waals surface area contributed by atoms with Crippen molar-refractivity contribution in [1.82, 2.24) is 10.2 Å². The van der Waals surface area contributed by atoms with Gasteiger partial charge in [-0.3, -0.25) is 4.79 Å². The highest BCUT2D eigenvalue weighted by atomic mass is 32.1. The molecule has 1 aromatic heterocycles. The maximum atomic E-state index is 12.7. The minimum Gasteiger partial charge on any atom is -0.341 e. The van der Waals surface area contributed by atoms with E-state index in [0.717, 1.165) is 38.9 Å². The number of amides is 1. The standard InChI is InChI=1S/C14H22N2OS/c1-3-14(5-7-15-8-6-14)13(17)16(2)10-12-4-9-18-11-12/h4,9,11,15H,3,5-8,10H2,1-2H3. The summed E-state index contributed by atoms with van der Waals surface area (Å²) in [6, 6.07) is 2.09. The molecular formula is C14H22N2OS. The third kappa shape index (κ3) is 2.75. The first-order chi connectivity index (χ1) is 8.68. The Morgan fingerprint density at radius 3 is 2.78 bits per heavy atom. The molecule has 0 aromatic carbocycles. The minimum absolute atomic E-state index is 0.129. The van der Waals surface area contributed by atoms with Gasteiger partial charge in [-0.15, -0.1) is 0 Å². The van der Waals surface area contributed by atoms with Gasteiger partial charge in [0.1, 0.15) is 0 Å². The average molecular weight is 266 g/mol. The number of hydrogen-bond acceptors (Lipinski definition) is 3. The molecule has 0 spiro atoms. The summed E-state index contributed by atoms with van der Waals surface area (Å²) in [5, 5.41) is 7.52. The van der Waals surface area contributed by atoms with Gasteiger partial charge in [0.2, 0.25) is 5.91 Å². The molecule has 1 aliphatic heterocycles. The number of nitrogens with one attached hydrogen (secondary N) is 1. The second kappa shape index (κ2) is 5.85. The summed E-state index contributed by atoms with van der Waals surface area (Å²) in [6.07, 6.45) is 2.88. The molecule has 2 heterocycles. The Bertz CT molecular complexity index is 383. The fraction of sp³-hybridized carbons (Fsp3) is 0.643. The molecule has 1 aliphatic rings. The minimum atomic E-state index is -0.129. The van der Waals surface area contributed by atoms with Crippen LogP contribution in [0.4, 0.5) is 0 Å². The lowest BCUT2D eigenvalue weighted by molar-refractivity contribution is -0.143. The lowest BCUT2D eigenvalue weighted by Gasteiger charge is -2.38. The molecule has 3 nitrogen and oxygen atoms in total. The first kappa shape index (κ1) is 13.6. The van der Waals surface area contributed by atoms with Gasteiger partial charge >= 0.3 is 0 Å². The highest BCUT2D eigenvalue weighted by Gasteiger charge is 2.39. The first-order valence-corrected chi connectivity index (χ1v) is 7.59. The van der Waals surface area contributed by atoms with Crippen molar-refractivity contribution in [3.8, 4) is 0 Å². The topological polar surface area (TPSA) is 32.3 Å². The molecular weight excluding hydrogens is 244 g/mol. The molecule has 0 atom stereocenters. The largest absolute Gasteiger partial charge is 0.341 e. The SMILES string of the molecule is CCC1(C(=O)N(C)Cc2ccsc2)CCNCC1. The summed E-state index contributed by atoms with van der Waals surface area (Å²) >= 11 is 1.69. The van der Waals surface area contributed by atoms with Crippen LogP contribution in [0, 0.1) is 5.41 Å². The van der Waals surface area contributed by atoms with Gasteiger partial charge in [-0.05, 0) is 54.7 Å². The fourth-order valence-electron chi connectivity index (χ4n) is 2.76. The van der Waals surface area contributed by atoms with Crippen molar-refractivity contribution in [2.45, 2.75) is 32.7 Å². The van der Waals surface area contributed by atoms with Crippen molar-refractivity contribution in [2.75, 3.05) is 20.1 Å². The van der Waals surface area contributed by atoms with E-state index in [-0.39, 0.29) is 5.41 Å². The molecule has 0 aliphatic carbocycles. The first-order valence-electron chi connectivity index (χ1n) is 6.65. The van der Waals surface area contributed by atoms with Crippen LogP contribution in [0.15, 0.2) is 16.8 Å². The van der Waals surface area contributed by atoms with E-state index in [0.29, 0.717) is 5.91 Å². The molecule has 1 amide bonds. The predicted octanol–water partition coefficient (Wildman–Crippen LogP) is 2.49. The van der Waals surface area contributed by atoms with Crippen molar-refractivity contribution in [2.24, 2.45) is 5.41 Å². The van der Waals surface area contributed by atoms with Crippen LogP contribution in [0.5, 0.6) is 0 Å². The number of carbonyl (C=O) groups is 1. The van der Waals surface area contributed by atoms with E-state index >= 15 is 0 Å². The Morgan fingerprint density at radius 1 is 1.50 bits per heavy atom. The lowest BCUT2D eigenvalue weighted by atomic mass is 9.75. The van der Waals surface area contributed by atoms with Crippen LogP contribution >= 0.6 is 11.3 Å². The molecule has 1 saturated heterocycles. The highest BCUT2D eigenvalue weighted by molar-refractivity contribution is 7.07. The highest BCUT2D eigenvalue weighted by Crippen LogP contribution is 2.34. The van der Waals surface area contributed by atoms with Crippen LogP contribution < -0.4 is 5.32 Å². The van der Waals surface area contributed by atoms with Crippen molar-refractivity contribution in [1.29, 1.82) is 0 Å². The van der Waals surface area contributed by atoms with Gasteiger partial charge in [0.25, 0.3) is 0 Å². The van der Waals surface area contributed by atoms with E-state index in [2.05, 4.69) is 29.1 Å². The lowest BCUT2D eigenvalue weighted by Crippen LogP contribution is -2.47. The third-order valence-corrected chi connectivity index (χ3v) is 4.77. The van der Waals surface area contributed by atoms with Crippen LogP contribution in [0.2, 0.25) is 0 Å². The molecule has 4 heteroatoms. The van der Waals surface area contributed by atoms with Gasteiger partial charge in [0.15, 0.2) is 0 Å². The average Bonchev–Trinajstić information content (AvgIpc) is 2.91.